The lowest BCUT2D eigenvalue weighted by atomic mass is 9.92. The number of ether oxygens (including phenoxy) is 2. The van der Waals surface area contributed by atoms with Gasteiger partial charge in [0.1, 0.15) is 12.4 Å². The normalized spacial score (nSPS) is 15.8. The van der Waals surface area contributed by atoms with E-state index in [9.17, 15) is 37.2 Å². The maximum Gasteiger partial charge on any atom is 0.416 e. The van der Waals surface area contributed by atoms with Gasteiger partial charge in [0.05, 0.1) is 29.8 Å². The number of alkyl carbamates (subject to hydrolysis) is 1. The molecule has 0 spiro atoms. The molecule has 1 aliphatic rings. The molecule has 2 unspecified atom stereocenters. The molecule has 0 bridgehead atoms. The van der Waals surface area contributed by atoms with Crippen LogP contribution < -0.4 is 10.6 Å². The molecular weight excluding hydrogens is 548 g/mol. The van der Waals surface area contributed by atoms with Crippen molar-refractivity contribution in [3.63, 3.8) is 0 Å². The summed E-state index contributed by atoms with van der Waals surface area (Å²) in [6.45, 7) is 3.01. The van der Waals surface area contributed by atoms with E-state index in [2.05, 4.69) is 10.6 Å². The zero-order valence-corrected chi connectivity index (χ0v) is 22.5. The van der Waals surface area contributed by atoms with Gasteiger partial charge >= 0.3 is 24.3 Å². The molecular formula is C28H30F4N4O5. The Hall–Kier alpha value is -4.34. The number of rotatable bonds is 8. The maximum atomic E-state index is 13.7. The van der Waals surface area contributed by atoms with Gasteiger partial charge in [-0.25, -0.2) is 14.0 Å². The van der Waals surface area contributed by atoms with Crippen molar-refractivity contribution in [2.45, 2.75) is 58.0 Å². The van der Waals surface area contributed by atoms with Crippen molar-refractivity contribution >= 4 is 18.1 Å². The summed E-state index contributed by atoms with van der Waals surface area (Å²) in [5.41, 5.74) is 0.0824. The van der Waals surface area contributed by atoms with E-state index in [-0.39, 0.29) is 30.7 Å². The Morgan fingerprint density at radius 3 is 2.59 bits per heavy atom. The summed E-state index contributed by atoms with van der Waals surface area (Å²) in [6, 6.07) is 7.64. The molecule has 2 atom stereocenters. The smallest absolute Gasteiger partial charge is 0.416 e. The van der Waals surface area contributed by atoms with Crippen LogP contribution in [-0.4, -0.2) is 48.9 Å². The highest BCUT2D eigenvalue weighted by molar-refractivity contribution is 5.76. The molecule has 1 heterocycles. The number of urea groups is 1. The molecule has 2 aromatic rings. The standard InChI is InChI=1S/C28H30F4N4O5/c1-17-11-22(29)6-7-23(17)24-5-3-4-9-36(24)26(38)35-25(41-27(39)34-8-10-40-18(2)37)15-19-12-20(16-33)14-21(13-19)28(30,31)32/h6-7,11-14,24-25H,3-5,8-10,15H2,1-2H3,(H,34,39)(H,35,38). The van der Waals surface area contributed by atoms with Crippen LogP contribution in [0.4, 0.5) is 27.2 Å². The van der Waals surface area contributed by atoms with Gasteiger partial charge < -0.3 is 25.0 Å². The van der Waals surface area contributed by atoms with Crippen molar-refractivity contribution in [1.82, 2.24) is 15.5 Å². The first-order chi connectivity index (χ1) is 19.4. The molecule has 41 heavy (non-hydrogen) atoms. The lowest BCUT2D eigenvalue weighted by Crippen LogP contribution is -2.50. The summed E-state index contributed by atoms with van der Waals surface area (Å²) in [6.07, 6.45) is -5.45. The van der Waals surface area contributed by atoms with Crippen molar-refractivity contribution in [1.29, 1.82) is 5.26 Å². The number of esters is 1. The number of carbonyl (C=O) groups is 3. The van der Waals surface area contributed by atoms with Crippen LogP contribution in [0.1, 0.15) is 60.0 Å². The number of hydrogen-bond donors (Lipinski definition) is 2. The summed E-state index contributed by atoms with van der Waals surface area (Å²) < 4.78 is 64.1. The number of likely N-dealkylation sites (tertiary alicyclic amines) is 1. The number of halogens is 4. The van der Waals surface area contributed by atoms with Crippen LogP contribution in [0, 0.1) is 24.1 Å². The molecule has 3 amide bonds. The predicted octanol–water partition coefficient (Wildman–Crippen LogP) is 5.12. The van der Waals surface area contributed by atoms with Crippen LogP contribution in [0.15, 0.2) is 36.4 Å². The van der Waals surface area contributed by atoms with E-state index < -0.39 is 47.9 Å². The molecule has 13 heteroatoms. The van der Waals surface area contributed by atoms with Gasteiger partial charge in [-0.05, 0) is 73.2 Å². The number of nitrogens with zero attached hydrogens (tertiary/aromatic N) is 2. The van der Waals surface area contributed by atoms with Gasteiger partial charge in [-0.1, -0.05) is 6.07 Å². The lowest BCUT2D eigenvalue weighted by molar-refractivity contribution is -0.141. The Bertz CT molecular complexity index is 1310. The molecule has 220 valence electrons. The summed E-state index contributed by atoms with van der Waals surface area (Å²) in [7, 11) is 0. The second kappa shape index (κ2) is 13.8. The Kier molecular flexibility index (Phi) is 10.5. The van der Waals surface area contributed by atoms with Crippen LogP contribution >= 0.6 is 0 Å². The first kappa shape index (κ1) is 31.2. The molecule has 1 saturated heterocycles. The molecule has 1 aliphatic heterocycles. The SMILES string of the molecule is CC(=O)OCCNC(=O)OC(Cc1cc(C#N)cc(C(F)(F)F)c1)NC(=O)N1CCCCC1c1ccc(F)cc1C. The third-order valence-electron chi connectivity index (χ3n) is 6.44. The van der Waals surface area contributed by atoms with E-state index in [0.717, 1.165) is 18.1 Å². The van der Waals surface area contributed by atoms with E-state index in [4.69, 9.17) is 9.47 Å². The van der Waals surface area contributed by atoms with Gasteiger partial charge in [-0.2, -0.15) is 18.4 Å². The highest BCUT2D eigenvalue weighted by Crippen LogP contribution is 2.34. The van der Waals surface area contributed by atoms with Gasteiger partial charge in [0.2, 0.25) is 0 Å². The number of aryl methyl sites for hydroxylation is 1. The molecule has 0 aliphatic carbocycles. The van der Waals surface area contributed by atoms with Crippen molar-refractivity contribution in [3.05, 3.63) is 70.0 Å². The largest absolute Gasteiger partial charge is 0.464 e. The fourth-order valence-electron chi connectivity index (χ4n) is 4.62. The van der Waals surface area contributed by atoms with E-state index in [0.29, 0.717) is 31.0 Å². The van der Waals surface area contributed by atoms with Gasteiger partial charge in [0, 0.05) is 19.9 Å². The fourth-order valence-corrected chi connectivity index (χ4v) is 4.62. The van der Waals surface area contributed by atoms with Crippen molar-refractivity contribution in [3.8, 4) is 6.07 Å². The van der Waals surface area contributed by atoms with Crippen molar-refractivity contribution < 1.29 is 41.4 Å². The Balaban J connectivity index is 1.84. The number of nitrogens with one attached hydrogen (secondary N) is 2. The average molecular weight is 579 g/mol. The molecule has 0 aromatic heterocycles. The van der Waals surface area contributed by atoms with Gasteiger partial charge in [0.25, 0.3) is 0 Å². The van der Waals surface area contributed by atoms with Crippen LogP contribution in [0.25, 0.3) is 0 Å². The van der Waals surface area contributed by atoms with Crippen LogP contribution in [0.3, 0.4) is 0 Å². The molecule has 2 aromatic carbocycles. The van der Waals surface area contributed by atoms with Gasteiger partial charge in [0.15, 0.2) is 6.23 Å². The maximum absolute atomic E-state index is 13.7. The van der Waals surface area contributed by atoms with Gasteiger partial charge in [-0.3, -0.25) is 4.79 Å². The number of hydrogen-bond acceptors (Lipinski definition) is 6. The Morgan fingerprint density at radius 2 is 1.93 bits per heavy atom. The number of piperidine rings is 1. The number of amides is 3. The topological polar surface area (TPSA) is 121 Å². The van der Waals surface area contributed by atoms with E-state index in [1.165, 1.54) is 30.0 Å². The molecule has 2 N–H and O–H groups in total. The zero-order chi connectivity index (χ0) is 30.2. The second-order valence-electron chi connectivity index (χ2n) is 9.55. The first-order valence-electron chi connectivity index (χ1n) is 12.9. The second-order valence-corrected chi connectivity index (χ2v) is 9.55. The monoisotopic (exact) mass is 578 g/mol. The summed E-state index contributed by atoms with van der Waals surface area (Å²) in [4.78, 5) is 38.4. The van der Waals surface area contributed by atoms with E-state index in [1.54, 1.807) is 19.1 Å². The predicted molar refractivity (Wildman–Crippen MR) is 138 cm³/mol. The van der Waals surface area contributed by atoms with Crippen molar-refractivity contribution in [2.75, 3.05) is 19.7 Å². The summed E-state index contributed by atoms with van der Waals surface area (Å²) in [5, 5.41) is 14.2. The first-order valence-corrected chi connectivity index (χ1v) is 12.9. The number of nitriles is 1. The third-order valence-corrected chi connectivity index (χ3v) is 6.44. The summed E-state index contributed by atoms with van der Waals surface area (Å²) >= 11 is 0. The zero-order valence-electron chi connectivity index (χ0n) is 22.5. The van der Waals surface area contributed by atoms with Crippen LogP contribution in [-0.2, 0) is 26.9 Å². The minimum atomic E-state index is -4.73. The minimum absolute atomic E-state index is 0.000962. The lowest BCUT2D eigenvalue weighted by Gasteiger charge is -2.37. The van der Waals surface area contributed by atoms with E-state index >= 15 is 0 Å². The third kappa shape index (κ3) is 9.09. The number of alkyl halides is 3. The van der Waals surface area contributed by atoms with Crippen LogP contribution in [0.2, 0.25) is 0 Å². The van der Waals surface area contributed by atoms with Gasteiger partial charge in [-0.15, -0.1) is 0 Å². The number of carbonyl (C=O) groups excluding carboxylic acids is 3. The average Bonchev–Trinajstić information content (AvgIpc) is 2.90. The van der Waals surface area contributed by atoms with Crippen molar-refractivity contribution in [2.24, 2.45) is 0 Å². The number of benzene rings is 2. The summed E-state index contributed by atoms with van der Waals surface area (Å²) in [5.74, 6) is -0.973. The van der Waals surface area contributed by atoms with Crippen LogP contribution in [0.5, 0.6) is 0 Å². The molecule has 0 saturated carbocycles. The molecule has 3 rings (SSSR count). The Labute approximate surface area is 234 Å². The molecule has 1 fully saturated rings. The molecule has 0 radical (unpaired) electrons. The highest BCUT2D eigenvalue weighted by Gasteiger charge is 2.33. The fraction of sp³-hybridized carbons (Fsp3) is 0.429. The highest BCUT2D eigenvalue weighted by atomic mass is 19.4. The Morgan fingerprint density at radius 1 is 1.17 bits per heavy atom. The molecule has 9 nitrogen and oxygen atoms in total. The van der Waals surface area contributed by atoms with E-state index in [1.807, 2.05) is 0 Å². The quantitative estimate of drug-likeness (QED) is 0.194. The minimum Gasteiger partial charge on any atom is -0.464 e.